The van der Waals surface area contributed by atoms with Crippen LogP contribution in [0.15, 0.2) is 77.3 Å². The van der Waals surface area contributed by atoms with Gasteiger partial charge in [0.25, 0.3) is 0 Å². The summed E-state index contributed by atoms with van der Waals surface area (Å²) in [5, 5.41) is 2.51. The van der Waals surface area contributed by atoms with Gasteiger partial charge in [-0.2, -0.15) is 0 Å². The molecule has 0 aliphatic carbocycles. The zero-order valence-corrected chi connectivity index (χ0v) is 22.1. The van der Waals surface area contributed by atoms with Crippen LogP contribution < -0.4 is 14.4 Å². The van der Waals surface area contributed by atoms with Crippen molar-refractivity contribution < 1.29 is 23.5 Å². The van der Waals surface area contributed by atoms with Crippen LogP contribution in [0, 0.1) is 5.82 Å². The van der Waals surface area contributed by atoms with E-state index in [0.717, 1.165) is 26.5 Å². The summed E-state index contributed by atoms with van der Waals surface area (Å²) in [7, 11) is 1.64. The normalized spacial score (nSPS) is 10.8. The van der Waals surface area contributed by atoms with Crippen molar-refractivity contribution >= 4 is 52.4 Å². The minimum absolute atomic E-state index is 0.0734. The monoisotopic (exact) mass is 588 g/mol. The SMILES string of the molecule is CN(Cc1ccccc1)C(=O)CNC(=O)c1cc(F)ccc1OCC(=O)[AsH]c1ccc(Br)cc1. The first-order valence-electron chi connectivity index (χ1n) is 10.4. The van der Waals surface area contributed by atoms with Crippen molar-refractivity contribution in [2.24, 2.45) is 0 Å². The van der Waals surface area contributed by atoms with Crippen molar-refractivity contribution in [1.82, 2.24) is 10.2 Å². The van der Waals surface area contributed by atoms with Crippen molar-refractivity contribution in [2.45, 2.75) is 6.54 Å². The molecule has 0 aliphatic heterocycles. The number of amides is 2. The molecule has 0 radical (unpaired) electrons. The Morgan fingerprint density at radius 1 is 1.03 bits per heavy atom. The molecule has 0 saturated heterocycles. The van der Waals surface area contributed by atoms with E-state index in [1.54, 1.807) is 7.05 Å². The van der Waals surface area contributed by atoms with E-state index in [9.17, 15) is 18.8 Å². The van der Waals surface area contributed by atoms with Gasteiger partial charge in [0.15, 0.2) is 0 Å². The molecule has 176 valence electrons. The summed E-state index contributed by atoms with van der Waals surface area (Å²) in [6.45, 7) is -0.0819. The number of carbonyl (C=O) groups is 3. The van der Waals surface area contributed by atoms with E-state index in [-0.39, 0.29) is 34.9 Å². The van der Waals surface area contributed by atoms with Gasteiger partial charge in [0.2, 0.25) is 0 Å². The molecule has 34 heavy (non-hydrogen) atoms. The number of rotatable bonds is 10. The second-order valence-corrected chi connectivity index (χ2v) is 11.2. The molecule has 3 rings (SSSR count). The Hall–Kier alpha value is -2.96. The van der Waals surface area contributed by atoms with E-state index in [2.05, 4.69) is 21.2 Å². The van der Waals surface area contributed by atoms with Crippen LogP contribution in [0.4, 0.5) is 4.39 Å². The molecule has 0 aliphatic rings. The second-order valence-electron chi connectivity index (χ2n) is 7.40. The molecule has 0 spiro atoms. The summed E-state index contributed by atoms with van der Waals surface area (Å²) >= 11 is 2.27. The molecule has 3 aromatic carbocycles. The maximum atomic E-state index is 13.8. The number of ether oxygens (including phenoxy) is 1. The molecule has 3 aromatic rings. The standard InChI is InChI=1S/C25H23AsBrFN2O4/c1-30(15-17-5-3-2-4-6-17)24(32)14-29-25(33)21-13-20(28)11-12-22(21)34-16-23(31)26-18-7-9-19(27)10-8-18/h2-13,26H,14-16H2,1H3,(H,29,33). The van der Waals surface area contributed by atoms with Gasteiger partial charge in [0.05, 0.1) is 0 Å². The van der Waals surface area contributed by atoms with Crippen molar-refractivity contribution in [3.63, 3.8) is 0 Å². The van der Waals surface area contributed by atoms with Gasteiger partial charge in [0.1, 0.15) is 0 Å². The number of carbonyl (C=O) groups excluding carboxylic acids is 3. The van der Waals surface area contributed by atoms with Crippen molar-refractivity contribution in [2.75, 3.05) is 20.2 Å². The third-order valence-corrected chi connectivity index (χ3v) is 7.48. The molecular formula is C25H23AsBrFN2O4. The van der Waals surface area contributed by atoms with Gasteiger partial charge >= 0.3 is 183 Å². The number of nitrogens with one attached hydrogen (secondary N) is 1. The van der Waals surface area contributed by atoms with E-state index in [4.69, 9.17) is 4.74 Å². The molecule has 1 N–H and O–H groups in total. The Morgan fingerprint density at radius 2 is 1.74 bits per heavy atom. The quantitative estimate of drug-likeness (QED) is 0.370. The Kier molecular flexibility index (Phi) is 9.42. The average Bonchev–Trinajstić information content (AvgIpc) is 2.83. The Labute approximate surface area is 212 Å². The third-order valence-electron chi connectivity index (χ3n) is 4.76. The van der Waals surface area contributed by atoms with Crippen LogP contribution in [0.2, 0.25) is 0 Å². The zero-order valence-electron chi connectivity index (χ0n) is 18.4. The summed E-state index contributed by atoms with van der Waals surface area (Å²) in [6, 6.07) is 20.4. The van der Waals surface area contributed by atoms with E-state index < -0.39 is 27.5 Å². The van der Waals surface area contributed by atoms with Gasteiger partial charge in [-0.25, -0.2) is 0 Å². The fourth-order valence-corrected chi connectivity index (χ4v) is 4.95. The number of halogens is 2. The molecule has 9 heteroatoms. The Bertz CT molecular complexity index is 1160. The minimum atomic E-state index is -1.08. The fourth-order valence-electron chi connectivity index (χ4n) is 3.01. The fraction of sp³-hybridized carbons (Fsp3) is 0.160. The van der Waals surface area contributed by atoms with Crippen molar-refractivity contribution in [1.29, 1.82) is 0 Å². The molecule has 2 amide bonds. The molecule has 6 nitrogen and oxygen atoms in total. The summed E-state index contributed by atoms with van der Waals surface area (Å²) in [6.07, 6.45) is 0. The molecule has 0 fully saturated rings. The molecular weight excluding hydrogens is 566 g/mol. The maximum absolute atomic E-state index is 13.8. The molecule has 1 atom stereocenters. The molecule has 0 saturated carbocycles. The van der Waals surface area contributed by atoms with Crippen LogP contribution in [0.3, 0.4) is 0 Å². The second kappa shape index (κ2) is 12.5. The number of hydrogen-bond acceptors (Lipinski definition) is 4. The van der Waals surface area contributed by atoms with E-state index in [0.29, 0.717) is 6.54 Å². The first-order valence-corrected chi connectivity index (χ1v) is 13.2. The summed E-state index contributed by atoms with van der Waals surface area (Å²) in [5.74, 6) is -1.50. The summed E-state index contributed by atoms with van der Waals surface area (Å²) < 4.78 is 21.2. The molecule has 0 heterocycles. The van der Waals surface area contributed by atoms with Gasteiger partial charge in [0, 0.05) is 0 Å². The predicted octanol–water partition coefficient (Wildman–Crippen LogP) is 2.64. The summed E-state index contributed by atoms with van der Waals surface area (Å²) in [4.78, 5) is 38.9. The van der Waals surface area contributed by atoms with Crippen LogP contribution in [0.5, 0.6) is 5.75 Å². The van der Waals surface area contributed by atoms with Gasteiger partial charge in [-0.3, -0.25) is 0 Å². The number of hydrogen-bond donors (Lipinski definition) is 1. The third kappa shape index (κ3) is 7.82. The number of nitrogens with zero attached hydrogens (tertiary/aromatic N) is 1. The number of benzene rings is 3. The van der Waals surface area contributed by atoms with Crippen molar-refractivity contribution in [3.05, 3.63) is 94.2 Å². The molecule has 0 bridgehead atoms. The Balaban J connectivity index is 1.56. The van der Waals surface area contributed by atoms with Crippen LogP contribution >= 0.6 is 15.9 Å². The first kappa shape index (κ1) is 25.7. The summed E-state index contributed by atoms with van der Waals surface area (Å²) in [5.41, 5.74) is 0.886. The van der Waals surface area contributed by atoms with Crippen LogP contribution in [0.25, 0.3) is 0 Å². The van der Waals surface area contributed by atoms with E-state index in [1.165, 1.54) is 11.0 Å². The van der Waals surface area contributed by atoms with Crippen molar-refractivity contribution in [3.8, 4) is 5.75 Å². The van der Waals surface area contributed by atoms with Gasteiger partial charge in [-0.15, -0.1) is 0 Å². The molecule has 1 unspecified atom stereocenters. The van der Waals surface area contributed by atoms with E-state index in [1.807, 2.05) is 54.6 Å². The number of likely N-dealkylation sites (N-methyl/N-ethyl adjacent to an activating group) is 1. The van der Waals surface area contributed by atoms with Crippen LogP contribution in [0.1, 0.15) is 15.9 Å². The topological polar surface area (TPSA) is 75.7 Å². The Morgan fingerprint density at radius 3 is 2.44 bits per heavy atom. The average molecular weight is 589 g/mol. The van der Waals surface area contributed by atoms with Gasteiger partial charge < -0.3 is 0 Å². The van der Waals surface area contributed by atoms with Gasteiger partial charge in [-0.05, 0) is 0 Å². The van der Waals surface area contributed by atoms with Crippen LogP contribution in [-0.2, 0) is 16.1 Å². The van der Waals surface area contributed by atoms with E-state index >= 15 is 0 Å². The predicted molar refractivity (Wildman–Crippen MR) is 133 cm³/mol. The van der Waals surface area contributed by atoms with Crippen LogP contribution in [-0.4, -0.2) is 57.2 Å². The molecule has 0 aromatic heterocycles. The van der Waals surface area contributed by atoms with Gasteiger partial charge in [-0.1, -0.05) is 30.3 Å². The zero-order chi connectivity index (χ0) is 24.5. The first-order chi connectivity index (χ1) is 16.3.